The highest BCUT2D eigenvalue weighted by Crippen LogP contribution is 2.25. The van der Waals surface area contributed by atoms with Crippen LogP contribution in [-0.4, -0.2) is 25.1 Å². The van der Waals surface area contributed by atoms with Crippen molar-refractivity contribution in [2.45, 2.75) is 13.3 Å². The van der Waals surface area contributed by atoms with E-state index in [1.165, 1.54) is 31.6 Å². The summed E-state index contributed by atoms with van der Waals surface area (Å²) in [5.74, 6) is 0.522. The van der Waals surface area contributed by atoms with Crippen LogP contribution in [0.25, 0.3) is 0 Å². The molecule has 0 saturated heterocycles. The Morgan fingerprint density at radius 3 is 2.48 bits per heavy atom. The number of halogens is 1. The van der Waals surface area contributed by atoms with Gasteiger partial charge in [-0.05, 0) is 36.2 Å². The minimum atomic E-state index is -0.311. The molecule has 1 amide bonds. The van der Waals surface area contributed by atoms with Gasteiger partial charge in [-0.1, -0.05) is 12.1 Å². The van der Waals surface area contributed by atoms with E-state index in [4.69, 9.17) is 9.47 Å². The summed E-state index contributed by atoms with van der Waals surface area (Å²) < 4.78 is 24.0. The van der Waals surface area contributed by atoms with Crippen LogP contribution in [0.1, 0.15) is 26.4 Å². The summed E-state index contributed by atoms with van der Waals surface area (Å²) in [5.41, 5.74) is 1.88. The van der Waals surface area contributed by atoms with Crippen molar-refractivity contribution in [3.63, 3.8) is 0 Å². The molecular weight excluding hydrogens is 367 g/mol. The maximum absolute atomic E-state index is 13.7. The van der Waals surface area contributed by atoms with Gasteiger partial charge in [-0.2, -0.15) is 0 Å². The molecule has 0 saturated carbocycles. The number of aryl methyl sites for hydroxylation is 1. The molecule has 0 spiro atoms. The number of rotatable bonds is 6. The average Bonchev–Trinajstić information content (AvgIpc) is 3.10. The zero-order chi connectivity index (χ0) is 19.4. The fourth-order valence-electron chi connectivity index (χ4n) is 2.50. The molecule has 7 heteroatoms. The lowest BCUT2D eigenvalue weighted by Gasteiger charge is -2.08. The second kappa shape index (κ2) is 8.18. The molecule has 1 aromatic heterocycles. The van der Waals surface area contributed by atoms with Gasteiger partial charge in [0.1, 0.15) is 17.3 Å². The number of benzene rings is 2. The highest BCUT2D eigenvalue weighted by Gasteiger charge is 2.13. The largest absolute Gasteiger partial charge is 0.497 e. The molecular formula is C20H19FN2O3S. The molecule has 1 N–H and O–H groups in total. The van der Waals surface area contributed by atoms with Crippen molar-refractivity contribution >= 4 is 22.4 Å². The Hall–Kier alpha value is -2.93. The van der Waals surface area contributed by atoms with E-state index < -0.39 is 0 Å². The lowest BCUT2D eigenvalue weighted by Crippen LogP contribution is -2.11. The predicted molar refractivity (Wildman–Crippen MR) is 104 cm³/mol. The number of ether oxygens (including phenoxy) is 2. The molecule has 3 rings (SSSR count). The van der Waals surface area contributed by atoms with E-state index in [-0.39, 0.29) is 11.7 Å². The first-order valence-corrected chi connectivity index (χ1v) is 9.04. The summed E-state index contributed by atoms with van der Waals surface area (Å²) in [6.07, 6.45) is 2.24. The molecule has 0 bridgehead atoms. The number of carbonyl (C=O) groups is 1. The third kappa shape index (κ3) is 4.62. The molecule has 0 radical (unpaired) electrons. The highest BCUT2D eigenvalue weighted by atomic mass is 32.1. The minimum Gasteiger partial charge on any atom is -0.497 e. The number of nitrogens with one attached hydrogen (secondary N) is 1. The lowest BCUT2D eigenvalue weighted by molar-refractivity contribution is 0.102. The maximum Gasteiger partial charge on any atom is 0.257 e. The summed E-state index contributed by atoms with van der Waals surface area (Å²) in [4.78, 5) is 17.7. The highest BCUT2D eigenvalue weighted by molar-refractivity contribution is 7.15. The van der Waals surface area contributed by atoms with Gasteiger partial charge in [0.05, 0.1) is 14.2 Å². The zero-order valence-corrected chi connectivity index (χ0v) is 16.0. The Balaban J connectivity index is 1.71. The van der Waals surface area contributed by atoms with Crippen molar-refractivity contribution in [3.05, 3.63) is 70.0 Å². The molecule has 1 heterocycles. The van der Waals surface area contributed by atoms with Gasteiger partial charge in [-0.25, -0.2) is 9.37 Å². The fraction of sp³-hybridized carbons (Fsp3) is 0.200. The zero-order valence-electron chi connectivity index (χ0n) is 15.2. The molecule has 27 heavy (non-hydrogen) atoms. The number of amides is 1. The molecule has 0 atom stereocenters. The number of methoxy groups -OCH3 is 2. The molecule has 0 aliphatic heterocycles. The number of hydrogen-bond donors (Lipinski definition) is 1. The van der Waals surface area contributed by atoms with Crippen LogP contribution < -0.4 is 14.8 Å². The van der Waals surface area contributed by atoms with Gasteiger partial charge in [-0.15, -0.1) is 11.3 Å². The first-order valence-electron chi connectivity index (χ1n) is 8.22. The van der Waals surface area contributed by atoms with Gasteiger partial charge >= 0.3 is 0 Å². The molecule has 0 aliphatic rings. The van der Waals surface area contributed by atoms with Gasteiger partial charge < -0.3 is 9.47 Å². The third-order valence-electron chi connectivity index (χ3n) is 4.00. The maximum atomic E-state index is 13.7. The number of aromatic nitrogens is 1. The number of anilines is 1. The Labute approximate surface area is 160 Å². The molecule has 0 unspecified atom stereocenters. The van der Waals surface area contributed by atoms with E-state index in [1.807, 2.05) is 6.07 Å². The standard InChI is InChI=1S/C20H19FN2O3S/c1-12-4-5-13(7-18(12)21)6-17-11-22-20(27-17)23-19(24)14-8-15(25-2)10-16(9-14)26-3/h4-5,7-11H,6H2,1-3H3,(H,22,23,24). The van der Waals surface area contributed by atoms with Crippen LogP contribution in [0, 0.1) is 12.7 Å². The molecule has 5 nitrogen and oxygen atoms in total. The van der Waals surface area contributed by atoms with E-state index >= 15 is 0 Å². The first kappa shape index (κ1) is 18.8. The van der Waals surface area contributed by atoms with Crippen molar-refractivity contribution in [2.75, 3.05) is 19.5 Å². The van der Waals surface area contributed by atoms with Crippen molar-refractivity contribution < 1.29 is 18.7 Å². The van der Waals surface area contributed by atoms with Crippen LogP contribution in [-0.2, 0) is 6.42 Å². The van der Waals surface area contributed by atoms with Crippen LogP contribution in [0.2, 0.25) is 0 Å². The predicted octanol–water partition coefficient (Wildman–Crippen LogP) is 4.45. The summed E-state index contributed by atoms with van der Waals surface area (Å²) in [6.45, 7) is 1.73. The number of thiazole rings is 1. The Morgan fingerprint density at radius 1 is 1.15 bits per heavy atom. The fourth-order valence-corrected chi connectivity index (χ4v) is 3.34. The molecule has 3 aromatic rings. The molecule has 0 fully saturated rings. The molecule has 2 aromatic carbocycles. The quantitative estimate of drug-likeness (QED) is 0.680. The second-order valence-electron chi connectivity index (χ2n) is 5.95. The van der Waals surface area contributed by atoms with E-state index in [1.54, 1.807) is 37.4 Å². The summed E-state index contributed by atoms with van der Waals surface area (Å²) in [7, 11) is 3.05. The van der Waals surface area contributed by atoms with Crippen LogP contribution in [0.15, 0.2) is 42.6 Å². The van der Waals surface area contributed by atoms with Gasteiger partial charge in [0.25, 0.3) is 5.91 Å². The van der Waals surface area contributed by atoms with Crippen molar-refractivity contribution in [3.8, 4) is 11.5 Å². The van der Waals surface area contributed by atoms with Gasteiger partial charge in [0.2, 0.25) is 0 Å². The smallest absolute Gasteiger partial charge is 0.257 e. The average molecular weight is 386 g/mol. The SMILES string of the molecule is COc1cc(OC)cc(C(=O)Nc2ncc(Cc3ccc(C)c(F)c3)s2)c1. The van der Waals surface area contributed by atoms with Crippen LogP contribution in [0.3, 0.4) is 0 Å². The summed E-state index contributed by atoms with van der Waals surface area (Å²) in [5, 5.41) is 3.25. The molecule has 0 aliphatic carbocycles. The van der Waals surface area contributed by atoms with E-state index in [0.717, 1.165) is 10.4 Å². The monoisotopic (exact) mass is 386 g/mol. The number of nitrogens with zero attached hydrogens (tertiary/aromatic N) is 1. The second-order valence-corrected chi connectivity index (χ2v) is 7.06. The topological polar surface area (TPSA) is 60.5 Å². The Kier molecular flexibility index (Phi) is 5.71. The normalized spacial score (nSPS) is 10.5. The van der Waals surface area contributed by atoms with Gasteiger partial charge in [0, 0.05) is 29.1 Å². The number of carbonyl (C=O) groups excluding carboxylic acids is 1. The number of hydrogen-bond acceptors (Lipinski definition) is 5. The van der Waals surface area contributed by atoms with Crippen LogP contribution in [0.5, 0.6) is 11.5 Å². The van der Waals surface area contributed by atoms with Gasteiger partial charge in [0.15, 0.2) is 5.13 Å². The third-order valence-corrected chi connectivity index (χ3v) is 4.92. The Bertz CT molecular complexity index is 949. The Morgan fingerprint density at radius 2 is 1.85 bits per heavy atom. The summed E-state index contributed by atoms with van der Waals surface area (Å²) in [6, 6.07) is 10.1. The first-order chi connectivity index (χ1) is 13.0. The molecule has 140 valence electrons. The van der Waals surface area contributed by atoms with Crippen molar-refractivity contribution in [2.24, 2.45) is 0 Å². The van der Waals surface area contributed by atoms with E-state index in [0.29, 0.717) is 34.2 Å². The minimum absolute atomic E-state index is 0.225. The van der Waals surface area contributed by atoms with E-state index in [9.17, 15) is 9.18 Å². The van der Waals surface area contributed by atoms with Crippen molar-refractivity contribution in [1.82, 2.24) is 4.98 Å². The van der Waals surface area contributed by atoms with Crippen molar-refractivity contribution in [1.29, 1.82) is 0 Å². The lowest BCUT2D eigenvalue weighted by atomic mass is 10.1. The summed E-state index contributed by atoms with van der Waals surface area (Å²) >= 11 is 1.35. The van der Waals surface area contributed by atoms with Crippen LogP contribution >= 0.6 is 11.3 Å². The van der Waals surface area contributed by atoms with Gasteiger partial charge in [-0.3, -0.25) is 10.1 Å². The van der Waals surface area contributed by atoms with Crippen LogP contribution in [0.4, 0.5) is 9.52 Å². The van der Waals surface area contributed by atoms with E-state index in [2.05, 4.69) is 10.3 Å².